The van der Waals surface area contributed by atoms with Gasteiger partial charge in [-0.15, -0.1) is 0 Å². The molecule has 1 amide bonds. The summed E-state index contributed by atoms with van der Waals surface area (Å²) in [4.78, 5) is 23.8. The summed E-state index contributed by atoms with van der Waals surface area (Å²) in [5, 5.41) is 3.11. The first-order valence-corrected chi connectivity index (χ1v) is 11.1. The SMILES string of the molecule is O=C(NCCc1cnc[nH]1)c1ccc2nc(NS(=O)(=O)c3ccccc3)sc2c1. The lowest BCUT2D eigenvalue weighted by Crippen LogP contribution is -2.25. The standard InChI is InChI=1S/C19H17N5O3S2/c25-18(21-9-8-14-11-20-12-22-14)13-6-7-16-17(10-13)28-19(23-16)24-29(26,27)15-4-2-1-3-5-15/h1-7,10-12H,8-9H2,(H,20,22)(H,21,25)(H,23,24). The third-order valence-electron chi connectivity index (χ3n) is 4.16. The fourth-order valence-electron chi connectivity index (χ4n) is 2.72. The van der Waals surface area contributed by atoms with E-state index in [1.54, 1.807) is 48.9 Å². The molecule has 4 aromatic rings. The number of nitrogens with zero attached hydrogens (tertiary/aromatic N) is 2. The molecule has 0 bridgehead atoms. The number of amides is 1. The number of carbonyl (C=O) groups excluding carboxylic acids is 1. The van der Waals surface area contributed by atoms with Crippen molar-refractivity contribution in [3.8, 4) is 0 Å². The number of nitrogens with one attached hydrogen (secondary N) is 3. The lowest BCUT2D eigenvalue weighted by molar-refractivity contribution is 0.0954. The average Bonchev–Trinajstić information content (AvgIpc) is 3.36. The van der Waals surface area contributed by atoms with Crippen molar-refractivity contribution < 1.29 is 13.2 Å². The van der Waals surface area contributed by atoms with Crippen molar-refractivity contribution in [2.24, 2.45) is 0 Å². The van der Waals surface area contributed by atoms with Crippen LogP contribution in [0.25, 0.3) is 10.2 Å². The van der Waals surface area contributed by atoms with Gasteiger partial charge in [0.1, 0.15) is 0 Å². The Morgan fingerprint density at radius 1 is 1.14 bits per heavy atom. The Morgan fingerprint density at radius 2 is 1.97 bits per heavy atom. The van der Waals surface area contributed by atoms with Gasteiger partial charge in [0.05, 0.1) is 21.4 Å². The van der Waals surface area contributed by atoms with E-state index in [9.17, 15) is 13.2 Å². The first-order chi connectivity index (χ1) is 14.0. The molecular formula is C19H17N5O3S2. The molecule has 148 valence electrons. The van der Waals surface area contributed by atoms with Gasteiger partial charge in [0, 0.05) is 30.4 Å². The van der Waals surface area contributed by atoms with Crippen LogP contribution < -0.4 is 10.0 Å². The van der Waals surface area contributed by atoms with Crippen molar-refractivity contribution in [2.75, 3.05) is 11.3 Å². The topological polar surface area (TPSA) is 117 Å². The van der Waals surface area contributed by atoms with Crippen LogP contribution in [0, 0.1) is 0 Å². The molecule has 0 aliphatic carbocycles. The van der Waals surface area contributed by atoms with Crippen LogP contribution >= 0.6 is 11.3 Å². The van der Waals surface area contributed by atoms with Crippen LogP contribution in [-0.4, -0.2) is 35.8 Å². The van der Waals surface area contributed by atoms with E-state index in [2.05, 4.69) is 25.0 Å². The van der Waals surface area contributed by atoms with E-state index in [-0.39, 0.29) is 15.9 Å². The maximum Gasteiger partial charge on any atom is 0.263 e. The number of thiazole rings is 1. The average molecular weight is 428 g/mol. The summed E-state index contributed by atoms with van der Waals surface area (Å²) in [7, 11) is -3.71. The molecule has 2 aromatic heterocycles. The monoisotopic (exact) mass is 427 g/mol. The zero-order chi connectivity index (χ0) is 20.3. The number of aromatic nitrogens is 3. The van der Waals surface area contributed by atoms with Crippen molar-refractivity contribution >= 4 is 42.6 Å². The van der Waals surface area contributed by atoms with Gasteiger partial charge in [-0.1, -0.05) is 29.5 Å². The van der Waals surface area contributed by atoms with Crippen LogP contribution in [0.3, 0.4) is 0 Å². The third-order valence-corrected chi connectivity index (χ3v) is 6.58. The normalized spacial score (nSPS) is 11.4. The summed E-state index contributed by atoms with van der Waals surface area (Å²) in [6, 6.07) is 13.2. The summed E-state index contributed by atoms with van der Waals surface area (Å²) in [6.45, 7) is 0.476. The molecule has 10 heteroatoms. The van der Waals surface area contributed by atoms with E-state index in [1.807, 2.05) is 0 Å². The molecule has 8 nitrogen and oxygen atoms in total. The zero-order valence-corrected chi connectivity index (χ0v) is 16.8. The number of sulfonamides is 1. The van der Waals surface area contributed by atoms with E-state index >= 15 is 0 Å². The van der Waals surface area contributed by atoms with Crippen LogP contribution in [0.5, 0.6) is 0 Å². The molecule has 0 radical (unpaired) electrons. The van der Waals surface area contributed by atoms with Crippen LogP contribution in [0.2, 0.25) is 0 Å². The maximum atomic E-state index is 12.5. The summed E-state index contributed by atoms with van der Waals surface area (Å²) in [6.07, 6.45) is 3.96. The predicted octanol–water partition coefficient (Wildman–Crippen LogP) is 2.79. The second-order valence-electron chi connectivity index (χ2n) is 6.20. The number of hydrogen-bond acceptors (Lipinski definition) is 6. The number of aromatic amines is 1. The van der Waals surface area contributed by atoms with Gasteiger partial charge in [-0.2, -0.15) is 0 Å². The quantitative estimate of drug-likeness (QED) is 0.419. The summed E-state index contributed by atoms with van der Waals surface area (Å²) in [5.41, 5.74) is 2.05. The number of H-pyrrole nitrogens is 1. The molecule has 2 aromatic carbocycles. The fourth-order valence-corrected chi connectivity index (χ4v) is 4.88. The summed E-state index contributed by atoms with van der Waals surface area (Å²) in [5.74, 6) is -0.203. The molecule has 3 N–H and O–H groups in total. The Kier molecular flexibility index (Phi) is 5.28. The minimum atomic E-state index is -3.71. The smallest absolute Gasteiger partial charge is 0.263 e. The number of hydrogen-bond donors (Lipinski definition) is 3. The number of fused-ring (bicyclic) bond motifs is 1. The largest absolute Gasteiger partial charge is 0.352 e. The second kappa shape index (κ2) is 8.02. The highest BCUT2D eigenvalue weighted by molar-refractivity contribution is 7.93. The minimum Gasteiger partial charge on any atom is -0.352 e. The predicted molar refractivity (Wildman–Crippen MR) is 111 cm³/mol. The molecule has 0 saturated carbocycles. The summed E-state index contributed by atoms with van der Waals surface area (Å²) >= 11 is 1.18. The van der Waals surface area contributed by atoms with Crippen molar-refractivity contribution in [1.29, 1.82) is 0 Å². The van der Waals surface area contributed by atoms with E-state index in [0.717, 1.165) is 10.4 Å². The second-order valence-corrected chi connectivity index (χ2v) is 8.92. The van der Waals surface area contributed by atoms with Gasteiger partial charge in [0.2, 0.25) is 0 Å². The van der Waals surface area contributed by atoms with Gasteiger partial charge in [-0.25, -0.2) is 18.4 Å². The number of benzene rings is 2. The Balaban J connectivity index is 1.46. The van der Waals surface area contributed by atoms with Gasteiger partial charge < -0.3 is 10.3 Å². The first kappa shape index (κ1) is 19.1. The van der Waals surface area contributed by atoms with E-state index in [1.165, 1.54) is 23.5 Å². The van der Waals surface area contributed by atoms with Crippen molar-refractivity contribution in [1.82, 2.24) is 20.3 Å². The van der Waals surface area contributed by atoms with Crippen LogP contribution in [0.1, 0.15) is 16.1 Å². The third kappa shape index (κ3) is 4.44. The highest BCUT2D eigenvalue weighted by Crippen LogP contribution is 2.28. The molecule has 0 unspecified atom stereocenters. The van der Waals surface area contributed by atoms with Gasteiger partial charge in [0.25, 0.3) is 15.9 Å². The zero-order valence-electron chi connectivity index (χ0n) is 15.1. The first-order valence-electron chi connectivity index (χ1n) is 8.75. The Hall–Kier alpha value is -3.24. The van der Waals surface area contributed by atoms with Crippen molar-refractivity contribution in [3.63, 3.8) is 0 Å². The fraction of sp³-hybridized carbons (Fsp3) is 0.105. The molecule has 2 heterocycles. The molecular weight excluding hydrogens is 410 g/mol. The van der Waals surface area contributed by atoms with Gasteiger partial charge in [-0.05, 0) is 30.3 Å². The Bertz CT molecular complexity index is 1240. The molecule has 29 heavy (non-hydrogen) atoms. The van der Waals surface area contributed by atoms with Crippen molar-refractivity contribution in [2.45, 2.75) is 11.3 Å². The number of imidazole rings is 1. The van der Waals surface area contributed by atoms with Gasteiger partial charge >= 0.3 is 0 Å². The van der Waals surface area contributed by atoms with Crippen molar-refractivity contribution in [3.05, 3.63) is 72.3 Å². The van der Waals surface area contributed by atoms with Gasteiger partial charge in [-0.3, -0.25) is 9.52 Å². The highest BCUT2D eigenvalue weighted by Gasteiger charge is 2.17. The number of anilines is 1. The molecule has 0 fully saturated rings. The van der Waals surface area contributed by atoms with E-state index < -0.39 is 10.0 Å². The summed E-state index contributed by atoms with van der Waals surface area (Å²) < 4.78 is 28.1. The molecule has 4 rings (SSSR count). The minimum absolute atomic E-state index is 0.164. The van der Waals surface area contributed by atoms with Gasteiger partial charge in [0.15, 0.2) is 5.13 Å². The lowest BCUT2D eigenvalue weighted by atomic mass is 10.2. The Labute approximate surface area is 171 Å². The van der Waals surface area contributed by atoms with Crippen LogP contribution in [0.4, 0.5) is 5.13 Å². The Morgan fingerprint density at radius 3 is 2.72 bits per heavy atom. The molecule has 0 atom stereocenters. The lowest BCUT2D eigenvalue weighted by Gasteiger charge is -2.04. The van der Waals surface area contributed by atoms with Crippen LogP contribution in [-0.2, 0) is 16.4 Å². The molecule has 0 spiro atoms. The molecule has 0 saturated heterocycles. The van der Waals surface area contributed by atoms with E-state index in [0.29, 0.717) is 24.0 Å². The number of rotatable bonds is 7. The molecule has 0 aliphatic heterocycles. The highest BCUT2D eigenvalue weighted by atomic mass is 32.2. The number of carbonyl (C=O) groups is 1. The maximum absolute atomic E-state index is 12.5. The molecule has 0 aliphatic rings. The van der Waals surface area contributed by atoms with E-state index in [4.69, 9.17) is 0 Å². The van der Waals surface area contributed by atoms with Crippen LogP contribution in [0.15, 0.2) is 66.0 Å².